The van der Waals surface area contributed by atoms with Crippen LogP contribution in [0.4, 0.5) is 10.2 Å². The van der Waals surface area contributed by atoms with E-state index in [1.165, 1.54) is 11.3 Å². The van der Waals surface area contributed by atoms with Gasteiger partial charge in [-0.25, -0.2) is 9.37 Å². The van der Waals surface area contributed by atoms with Crippen molar-refractivity contribution in [2.45, 2.75) is 6.54 Å². The number of halogens is 2. The molecule has 0 aliphatic carbocycles. The van der Waals surface area contributed by atoms with Crippen LogP contribution in [0.25, 0.3) is 0 Å². The lowest BCUT2D eigenvalue weighted by atomic mass is 10.5. The van der Waals surface area contributed by atoms with Crippen molar-refractivity contribution < 1.29 is 4.39 Å². The van der Waals surface area contributed by atoms with E-state index >= 15 is 0 Å². The van der Waals surface area contributed by atoms with Crippen molar-refractivity contribution >= 4 is 28.8 Å². The van der Waals surface area contributed by atoms with Crippen LogP contribution in [-0.4, -0.2) is 15.0 Å². The smallest absolute Gasteiger partial charge is 0.224 e. The zero-order chi connectivity index (χ0) is 10.7. The summed E-state index contributed by atoms with van der Waals surface area (Å²) in [6.45, 7) is 0.467. The summed E-state index contributed by atoms with van der Waals surface area (Å²) < 4.78 is 13.1. The highest BCUT2D eigenvalue weighted by Crippen LogP contribution is 2.14. The SMILES string of the molecule is Fc1cnc(Cl)nc1NCc1cncs1. The van der Waals surface area contributed by atoms with Crippen molar-refractivity contribution in [1.82, 2.24) is 15.0 Å². The second-order valence-corrected chi connectivity index (χ2v) is 3.97. The average molecular weight is 245 g/mol. The maximum Gasteiger partial charge on any atom is 0.224 e. The van der Waals surface area contributed by atoms with Crippen molar-refractivity contribution in [3.05, 3.63) is 33.9 Å². The Hall–Kier alpha value is -1.27. The van der Waals surface area contributed by atoms with Gasteiger partial charge in [-0.1, -0.05) is 0 Å². The van der Waals surface area contributed by atoms with Crippen molar-refractivity contribution in [3.8, 4) is 0 Å². The minimum atomic E-state index is -0.524. The van der Waals surface area contributed by atoms with E-state index in [-0.39, 0.29) is 11.1 Å². The van der Waals surface area contributed by atoms with Gasteiger partial charge in [0.15, 0.2) is 11.6 Å². The lowest BCUT2D eigenvalue weighted by molar-refractivity contribution is 0.616. The molecule has 1 N–H and O–H groups in total. The molecular weight excluding hydrogens is 239 g/mol. The molecule has 0 radical (unpaired) electrons. The summed E-state index contributed by atoms with van der Waals surface area (Å²) in [5, 5.41) is 2.83. The summed E-state index contributed by atoms with van der Waals surface area (Å²) in [6.07, 6.45) is 2.74. The number of hydrogen-bond donors (Lipinski definition) is 1. The van der Waals surface area contributed by atoms with Gasteiger partial charge in [0.25, 0.3) is 0 Å². The van der Waals surface area contributed by atoms with Crippen LogP contribution in [0.15, 0.2) is 17.9 Å². The summed E-state index contributed by atoms with van der Waals surface area (Å²) in [6, 6.07) is 0. The van der Waals surface area contributed by atoms with Crippen molar-refractivity contribution in [2.75, 3.05) is 5.32 Å². The number of nitrogens with zero attached hydrogens (tertiary/aromatic N) is 3. The lowest BCUT2D eigenvalue weighted by Gasteiger charge is -2.04. The molecule has 2 aromatic rings. The molecule has 0 aliphatic rings. The monoisotopic (exact) mass is 244 g/mol. The number of aromatic nitrogens is 3. The number of nitrogens with one attached hydrogen (secondary N) is 1. The Morgan fingerprint density at radius 3 is 3.07 bits per heavy atom. The predicted molar refractivity (Wildman–Crippen MR) is 56.4 cm³/mol. The Kier molecular flexibility index (Phi) is 3.08. The van der Waals surface area contributed by atoms with Crippen LogP contribution in [0.1, 0.15) is 4.88 Å². The topological polar surface area (TPSA) is 50.7 Å². The van der Waals surface area contributed by atoms with E-state index in [2.05, 4.69) is 20.3 Å². The van der Waals surface area contributed by atoms with Gasteiger partial charge in [0.05, 0.1) is 18.3 Å². The van der Waals surface area contributed by atoms with Crippen LogP contribution in [0.2, 0.25) is 5.28 Å². The molecule has 0 atom stereocenters. The van der Waals surface area contributed by atoms with Crippen LogP contribution in [-0.2, 0) is 6.54 Å². The zero-order valence-corrected chi connectivity index (χ0v) is 9.02. The highest BCUT2D eigenvalue weighted by atomic mass is 35.5. The van der Waals surface area contributed by atoms with Crippen molar-refractivity contribution in [2.24, 2.45) is 0 Å². The molecule has 0 fully saturated rings. The summed E-state index contributed by atoms with van der Waals surface area (Å²) in [5.41, 5.74) is 1.71. The lowest BCUT2D eigenvalue weighted by Crippen LogP contribution is -2.03. The molecule has 0 aliphatic heterocycles. The van der Waals surface area contributed by atoms with Gasteiger partial charge in [-0.15, -0.1) is 11.3 Å². The van der Waals surface area contributed by atoms with Crippen LogP contribution in [0, 0.1) is 5.82 Å². The molecule has 2 heterocycles. The van der Waals surface area contributed by atoms with E-state index in [0.717, 1.165) is 11.1 Å². The molecular formula is C8H6ClFN4S. The first-order valence-corrected chi connectivity index (χ1v) is 5.31. The minimum Gasteiger partial charge on any atom is -0.363 e. The second-order valence-electron chi connectivity index (χ2n) is 2.66. The normalized spacial score (nSPS) is 10.3. The molecule has 0 unspecified atom stereocenters. The number of hydrogen-bond acceptors (Lipinski definition) is 5. The Bertz CT molecular complexity index is 448. The van der Waals surface area contributed by atoms with Gasteiger partial charge >= 0.3 is 0 Å². The maximum atomic E-state index is 13.1. The van der Waals surface area contributed by atoms with Crippen molar-refractivity contribution in [3.63, 3.8) is 0 Å². The molecule has 7 heteroatoms. The fourth-order valence-electron chi connectivity index (χ4n) is 0.970. The van der Waals surface area contributed by atoms with Crippen LogP contribution >= 0.6 is 22.9 Å². The van der Waals surface area contributed by atoms with Gasteiger partial charge in [-0.3, -0.25) is 4.98 Å². The molecule has 2 aromatic heterocycles. The zero-order valence-electron chi connectivity index (χ0n) is 7.44. The Labute approximate surface area is 94.2 Å². The number of rotatable bonds is 3. The molecule has 0 saturated carbocycles. The molecule has 0 aromatic carbocycles. The van der Waals surface area contributed by atoms with Gasteiger partial charge in [-0.05, 0) is 11.6 Å². The fraction of sp³-hybridized carbons (Fsp3) is 0.125. The van der Waals surface area contributed by atoms with E-state index in [9.17, 15) is 4.39 Å². The highest BCUT2D eigenvalue weighted by Gasteiger charge is 2.05. The fourth-order valence-corrected chi connectivity index (χ4v) is 1.64. The first kappa shape index (κ1) is 10.3. The van der Waals surface area contributed by atoms with Gasteiger partial charge < -0.3 is 5.32 Å². The third kappa shape index (κ3) is 2.60. The van der Waals surface area contributed by atoms with Gasteiger partial charge in [0.2, 0.25) is 5.28 Å². The largest absolute Gasteiger partial charge is 0.363 e. The molecule has 78 valence electrons. The minimum absolute atomic E-state index is 0.0169. The molecule has 0 amide bonds. The molecule has 15 heavy (non-hydrogen) atoms. The van der Waals surface area contributed by atoms with E-state index in [1.807, 2.05) is 0 Å². The van der Waals surface area contributed by atoms with E-state index in [1.54, 1.807) is 11.7 Å². The molecule has 2 rings (SSSR count). The molecule has 4 nitrogen and oxygen atoms in total. The van der Waals surface area contributed by atoms with Crippen molar-refractivity contribution in [1.29, 1.82) is 0 Å². The molecule has 0 saturated heterocycles. The first-order chi connectivity index (χ1) is 7.25. The molecule has 0 spiro atoms. The van der Waals surface area contributed by atoms with Gasteiger partial charge in [0.1, 0.15) is 0 Å². The quantitative estimate of drug-likeness (QED) is 0.842. The first-order valence-electron chi connectivity index (χ1n) is 4.05. The standard InChI is InChI=1S/C8H6ClFN4S/c9-8-13-3-6(10)7(14-8)12-2-5-1-11-4-15-5/h1,3-4H,2H2,(H,12,13,14). The van der Waals surface area contributed by atoms with E-state index in [0.29, 0.717) is 6.54 Å². The summed E-state index contributed by atoms with van der Waals surface area (Å²) in [5.74, 6) is -0.424. The Balaban J connectivity index is 2.07. The third-order valence-electron chi connectivity index (χ3n) is 1.63. The van der Waals surface area contributed by atoms with Crippen LogP contribution in [0.3, 0.4) is 0 Å². The predicted octanol–water partition coefficient (Wildman–Crippen LogP) is 2.34. The van der Waals surface area contributed by atoms with E-state index in [4.69, 9.17) is 11.6 Å². The van der Waals surface area contributed by atoms with Crippen LogP contribution in [0.5, 0.6) is 0 Å². The summed E-state index contributed by atoms with van der Waals surface area (Å²) >= 11 is 7.02. The third-order valence-corrected chi connectivity index (χ3v) is 2.59. The average Bonchev–Trinajstić information content (AvgIpc) is 2.72. The summed E-state index contributed by atoms with van der Waals surface area (Å²) in [7, 11) is 0. The maximum absolute atomic E-state index is 13.1. The van der Waals surface area contributed by atoms with E-state index < -0.39 is 5.82 Å². The highest BCUT2D eigenvalue weighted by molar-refractivity contribution is 7.09. The Morgan fingerprint density at radius 1 is 1.47 bits per heavy atom. The number of anilines is 1. The van der Waals surface area contributed by atoms with Crippen LogP contribution < -0.4 is 5.32 Å². The second kappa shape index (κ2) is 4.50. The van der Waals surface area contributed by atoms with Gasteiger partial charge in [-0.2, -0.15) is 4.98 Å². The Morgan fingerprint density at radius 2 is 2.33 bits per heavy atom. The van der Waals surface area contributed by atoms with Gasteiger partial charge in [0, 0.05) is 11.1 Å². The number of thiazole rings is 1. The molecule has 0 bridgehead atoms. The summed E-state index contributed by atoms with van der Waals surface area (Å²) in [4.78, 5) is 12.1.